The highest BCUT2D eigenvalue weighted by atomic mass is 19.4. The van der Waals surface area contributed by atoms with Gasteiger partial charge in [0.1, 0.15) is 0 Å². The average molecular weight is 398 g/mol. The average Bonchev–Trinajstić information content (AvgIpc) is 2.63. The van der Waals surface area contributed by atoms with E-state index in [0.717, 1.165) is 62.8 Å². The van der Waals surface area contributed by atoms with Crippen molar-refractivity contribution in [1.29, 1.82) is 0 Å². The van der Waals surface area contributed by atoms with Crippen LogP contribution in [0.3, 0.4) is 0 Å². The summed E-state index contributed by atoms with van der Waals surface area (Å²) >= 11 is 0. The van der Waals surface area contributed by atoms with Crippen molar-refractivity contribution in [3.05, 3.63) is 29.8 Å². The highest BCUT2D eigenvalue weighted by molar-refractivity contribution is 6.39. The molecule has 0 radical (unpaired) electrons. The molecule has 0 unspecified atom stereocenters. The molecule has 1 aromatic rings. The number of nitrogens with one attached hydrogen (secondary N) is 2. The first-order valence-electron chi connectivity index (χ1n) is 10.2. The molecule has 156 valence electrons. The lowest BCUT2D eigenvalue weighted by atomic mass is 9.98. The van der Waals surface area contributed by atoms with Crippen molar-refractivity contribution in [2.75, 3.05) is 5.32 Å². The molecule has 7 heteroatoms. The molecule has 1 aliphatic rings. The Balaban J connectivity index is 1.85. The Morgan fingerprint density at radius 3 is 1.68 bits per heavy atom. The van der Waals surface area contributed by atoms with E-state index < -0.39 is 23.6 Å². The van der Waals surface area contributed by atoms with E-state index in [1.54, 1.807) is 0 Å². The molecule has 4 nitrogen and oxygen atoms in total. The van der Waals surface area contributed by atoms with E-state index in [1.807, 2.05) is 0 Å². The van der Waals surface area contributed by atoms with Crippen LogP contribution >= 0.6 is 0 Å². The second-order valence-electron chi connectivity index (χ2n) is 7.46. The van der Waals surface area contributed by atoms with Crippen LogP contribution in [0.15, 0.2) is 24.3 Å². The van der Waals surface area contributed by atoms with Crippen LogP contribution in [0.25, 0.3) is 0 Å². The minimum absolute atomic E-state index is 0.0368. The van der Waals surface area contributed by atoms with E-state index in [9.17, 15) is 22.8 Å². The fraction of sp³-hybridized carbons (Fsp3) is 0.619. The van der Waals surface area contributed by atoms with Gasteiger partial charge in [0.2, 0.25) is 0 Å². The Morgan fingerprint density at radius 2 is 1.21 bits per heavy atom. The van der Waals surface area contributed by atoms with Gasteiger partial charge in [0.15, 0.2) is 0 Å². The van der Waals surface area contributed by atoms with Crippen molar-refractivity contribution in [1.82, 2.24) is 5.32 Å². The standard InChI is InChI=1S/C21H29F3N2O2/c22-21(23,24)16-12-14-18(15-13-16)26-20(28)19(27)25-17-10-8-6-4-2-1-3-5-7-9-11-17/h12-15,17H,1-11H2,(H,25,27)(H,26,28). The second-order valence-corrected chi connectivity index (χ2v) is 7.46. The van der Waals surface area contributed by atoms with Crippen molar-refractivity contribution in [3.8, 4) is 0 Å². The van der Waals surface area contributed by atoms with Crippen LogP contribution in [0.5, 0.6) is 0 Å². The highest BCUT2D eigenvalue weighted by Gasteiger charge is 2.30. The lowest BCUT2D eigenvalue weighted by Crippen LogP contribution is -2.41. The molecule has 0 aliphatic heterocycles. The van der Waals surface area contributed by atoms with Gasteiger partial charge in [-0.3, -0.25) is 9.59 Å². The van der Waals surface area contributed by atoms with Crippen LogP contribution in [-0.2, 0) is 15.8 Å². The number of carbonyl (C=O) groups excluding carboxylic acids is 2. The summed E-state index contributed by atoms with van der Waals surface area (Å²) in [7, 11) is 0. The molecule has 1 aromatic carbocycles. The van der Waals surface area contributed by atoms with Crippen molar-refractivity contribution >= 4 is 17.5 Å². The van der Waals surface area contributed by atoms with Crippen LogP contribution in [0, 0.1) is 0 Å². The van der Waals surface area contributed by atoms with Gasteiger partial charge in [0, 0.05) is 11.7 Å². The minimum Gasteiger partial charge on any atom is -0.345 e. The molecule has 0 atom stereocenters. The van der Waals surface area contributed by atoms with Gasteiger partial charge >= 0.3 is 18.0 Å². The summed E-state index contributed by atoms with van der Waals surface area (Å²) in [5.41, 5.74) is -0.644. The number of carbonyl (C=O) groups is 2. The van der Waals surface area contributed by atoms with E-state index in [-0.39, 0.29) is 11.7 Å². The molecule has 0 heterocycles. The van der Waals surface area contributed by atoms with Crippen LogP contribution in [0.2, 0.25) is 0 Å². The van der Waals surface area contributed by atoms with Crippen LogP contribution in [0.4, 0.5) is 18.9 Å². The predicted octanol–water partition coefficient (Wildman–Crippen LogP) is 5.43. The van der Waals surface area contributed by atoms with E-state index in [4.69, 9.17) is 0 Å². The summed E-state index contributed by atoms with van der Waals surface area (Å²) in [5.74, 6) is -1.59. The summed E-state index contributed by atoms with van der Waals surface area (Å²) < 4.78 is 37.8. The number of anilines is 1. The third kappa shape index (κ3) is 7.90. The molecule has 28 heavy (non-hydrogen) atoms. The number of hydrogen-bond donors (Lipinski definition) is 2. The number of benzene rings is 1. The number of amides is 2. The van der Waals surface area contributed by atoms with Crippen LogP contribution in [-0.4, -0.2) is 17.9 Å². The lowest BCUT2D eigenvalue weighted by Gasteiger charge is -2.19. The molecule has 0 bridgehead atoms. The lowest BCUT2D eigenvalue weighted by molar-refractivity contribution is -0.137. The Morgan fingerprint density at radius 1 is 0.750 bits per heavy atom. The first kappa shape index (κ1) is 22.2. The summed E-state index contributed by atoms with van der Waals surface area (Å²) in [6.45, 7) is 0. The van der Waals surface area contributed by atoms with Crippen molar-refractivity contribution in [3.63, 3.8) is 0 Å². The number of rotatable bonds is 2. The van der Waals surface area contributed by atoms with Gasteiger partial charge in [-0.25, -0.2) is 0 Å². The number of halogens is 3. The van der Waals surface area contributed by atoms with Gasteiger partial charge in [0.25, 0.3) is 0 Å². The van der Waals surface area contributed by atoms with E-state index in [1.165, 1.54) is 32.1 Å². The van der Waals surface area contributed by atoms with Crippen LogP contribution < -0.4 is 10.6 Å². The highest BCUT2D eigenvalue weighted by Crippen LogP contribution is 2.29. The Bertz CT molecular complexity index is 618. The Labute approximate surface area is 164 Å². The van der Waals surface area contributed by atoms with Gasteiger partial charge in [-0.05, 0) is 37.1 Å². The smallest absolute Gasteiger partial charge is 0.345 e. The molecule has 1 saturated carbocycles. The topological polar surface area (TPSA) is 58.2 Å². The summed E-state index contributed by atoms with van der Waals surface area (Å²) in [6, 6.07) is 4.00. The van der Waals surface area contributed by atoms with Crippen molar-refractivity contribution in [2.24, 2.45) is 0 Å². The quantitative estimate of drug-likeness (QED) is 0.653. The summed E-state index contributed by atoms with van der Waals surface area (Å²) in [5, 5.41) is 5.16. The van der Waals surface area contributed by atoms with E-state index in [0.29, 0.717) is 0 Å². The maximum Gasteiger partial charge on any atom is 0.416 e. The van der Waals surface area contributed by atoms with Gasteiger partial charge in [-0.1, -0.05) is 57.8 Å². The largest absolute Gasteiger partial charge is 0.416 e. The summed E-state index contributed by atoms with van der Waals surface area (Å²) in [4.78, 5) is 24.3. The van der Waals surface area contributed by atoms with E-state index >= 15 is 0 Å². The molecule has 0 aromatic heterocycles. The van der Waals surface area contributed by atoms with Crippen molar-refractivity contribution in [2.45, 2.75) is 82.8 Å². The molecule has 0 saturated heterocycles. The number of alkyl halides is 3. The fourth-order valence-electron chi connectivity index (χ4n) is 3.49. The third-order valence-corrected chi connectivity index (χ3v) is 5.12. The van der Waals surface area contributed by atoms with Gasteiger partial charge < -0.3 is 10.6 Å². The molecule has 1 aliphatic carbocycles. The third-order valence-electron chi connectivity index (χ3n) is 5.12. The second kappa shape index (κ2) is 11.1. The molecule has 2 rings (SSSR count). The van der Waals surface area contributed by atoms with Gasteiger partial charge in [-0.15, -0.1) is 0 Å². The zero-order valence-electron chi connectivity index (χ0n) is 16.1. The first-order valence-corrected chi connectivity index (χ1v) is 10.2. The van der Waals surface area contributed by atoms with Gasteiger partial charge in [0.05, 0.1) is 5.56 Å². The Hall–Kier alpha value is -2.05. The van der Waals surface area contributed by atoms with Crippen molar-refractivity contribution < 1.29 is 22.8 Å². The first-order chi connectivity index (χ1) is 13.4. The molecular formula is C21H29F3N2O2. The molecule has 2 amide bonds. The zero-order chi connectivity index (χ0) is 20.4. The molecule has 2 N–H and O–H groups in total. The normalized spacial score (nSPS) is 17.8. The van der Waals surface area contributed by atoms with Gasteiger partial charge in [-0.2, -0.15) is 13.2 Å². The zero-order valence-corrected chi connectivity index (χ0v) is 16.1. The predicted molar refractivity (Wildman–Crippen MR) is 103 cm³/mol. The minimum atomic E-state index is -4.44. The van der Waals surface area contributed by atoms with Crippen LogP contribution in [0.1, 0.15) is 76.2 Å². The summed E-state index contributed by atoms with van der Waals surface area (Å²) in [6.07, 6.45) is 7.77. The molecule has 0 spiro atoms. The maximum absolute atomic E-state index is 12.6. The monoisotopic (exact) mass is 398 g/mol. The SMILES string of the molecule is O=C(Nc1ccc(C(F)(F)F)cc1)C(=O)NC1CCCCCCCCCCC1. The molecule has 1 fully saturated rings. The maximum atomic E-state index is 12.6. The van der Waals surface area contributed by atoms with E-state index in [2.05, 4.69) is 10.6 Å². The fourth-order valence-corrected chi connectivity index (χ4v) is 3.49. The Kier molecular flexibility index (Phi) is 8.80. The molecular weight excluding hydrogens is 369 g/mol. The number of hydrogen-bond acceptors (Lipinski definition) is 2.